The molecule has 3 aromatic rings. The van der Waals surface area contributed by atoms with Crippen molar-refractivity contribution in [2.75, 3.05) is 0 Å². The average Bonchev–Trinajstić information content (AvgIpc) is 3.56. The van der Waals surface area contributed by atoms with E-state index in [-0.39, 0.29) is 36.5 Å². The first-order valence-corrected chi connectivity index (χ1v) is 13.3. The zero-order chi connectivity index (χ0) is 27.6. The van der Waals surface area contributed by atoms with Crippen molar-refractivity contribution in [1.82, 2.24) is 14.9 Å². The minimum Gasteiger partial charge on any atom is -0.458 e. The topological polar surface area (TPSA) is 131 Å². The maximum absolute atomic E-state index is 15.1. The van der Waals surface area contributed by atoms with E-state index in [4.69, 9.17) is 9.72 Å². The molecule has 202 valence electrons. The third-order valence-electron chi connectivity index (χ3n) is 9.27. The largest absolute Gasteiger partial charge is 0.458 e. The Morgan fingerprint density at radius 3 is 2.62 bits per heavy atom. The van der Waals surface area contributed by atoms with Crippen LogP contribution in [-0.4, -0.2) is 37.2 Å². The Balaban J connectivity index is 1.52. The highest BCUT2D eigenvalue weighted by atomic mass is 19.1. The monoisotopic (exact) mass is 533 g/mol. The Kier molecular flexibility index (Phi) is 4.70. The fraction of sp³-hybridized carbons (Fsp3) is 0.448. The fourth-order valence-electron chi connectivity index (χ4n) is 6.65. The normalized spacial score (nSPS) is 25.5. The summed E-state index contributed by atoms with van der Waals surface area (Å²) in [7, 11) is 0. The number of benzene rings is 1. The number of nitrogens with zero attached hydrogens (tertiary/aromatic N) is 2. The van der Waals surface area contributed by atoms with Crippen molar-refractivity contribution in [3.63, 3.8) is 0 Å². The highest BCUT2D eigenvalue weighted by molar-refractivity contribution is 5.95. The predicted molar refractivity (Wildman–Crippen MR) is 137 cm³/mol. The summed E-state index contributed by atoms with van der Waals surface area (Å²) < 4.78 is 21.8. The van der Waals surface area contributed by atoms with Gasteiger partial charge in [0.25, 0.3) is 11.5 Å². The summed E-state index contributed by atoms with van der Waals surface area (Å²) in [6, 6.07) is 2.99. The minimum atomic E-state index is -1.96. The lowest BCUT2D eigenvalue weighted by atomic mass is 9.74. The van der Waals surface area contributed by atoms with Crippen molar-refractivity contribution in [3.8, 4) is 11.4 Å². The van der Waals surface area contributed by atoms with Gasteiger partial charge in [0, 0.05) is 22.6 Å². The molecule has 2 aromatic heterocycles. The summed E-state index contributed by atoms with van der Waals surface area (Å²) in [4.78, 5) is 44.1. The molecule has 9 nitrogen and oxygen atoms in total. The Morgan fingerprint density at radius 1 is 1.18 bits per heavy atom. The molecule has 2 aliphatic heterocycles. The molecule has 0 saturated heterocycles. The van der Waals surface area contributed by atoms with Crippen molar-refractivity contribution in [2.45, 2.75) is 82.8 Å². The van der Waals surface area contributed by atoms with Crippen LogP contribution in [0.3, 0.4) is 0 Å². The number of rotatable bonds is 3. The van der Waals surface area contributed by atoms with Gasteiger partial charge in [-0.15, -0.1) is 0 Å². The molecule has 10 heteroatoms. The van der Waals surface area contributed by atoms with Gasteiger partial charge < -0.3 is 24.8 Å². The molecule has 1 unspecified atom stereocenters. The number of cyclic esters (lactones) is 1. The second-order valence-corrected chi connectivity index (χ2v) is 11.6. The molecular formula is C29H28FN3O6. The number of carbonyl (C=O) groups is 2. The van der Waals surface area contributed by atoms with Crippen LogP contribution in [0.2, 0.25) is 0 Å². The van der Waals surface area contributed by atoms with Crippen LogP contribution in [0.1, 0.15) is 72.9 Å². The molecule has 4 aliphatic rings. The van der Waals surface area contributed by atoms with E-state index in [9.17, 15) is 24.6 Å². The highest BCUT2D eigenvalue weighted by Crippen LogP contribution is 2.48. The molecule has 1 saturated carbocycles. The smallest absolute Gasteiger partial charge is 0.343 e. The summed E-state index contributed by atoms with van der Waals surface area (Å²) in [5.74, 6) is -1.64. The first kappa shape index (κ1) is 24.4. The predicted octanol–water partition coefficient (Wildman–Crippen LogP) is 2.33. The Bertz CT molecular complexity index is 1740. The molecule has 4 heterocycles. The van der Waals surface area contributed by atoms with Crippen molar-refractivity contribution < 1.29 is 28.9 Å². The maximum atomic E-state index is 15.1. The molecule has 39 heavy (non-hydrogen) atoms. The molecule has 2 atom stereocenters. The standard InChI is InChI=1S/C29H28FN3O6/c1-4-29(38)17-9-20-23-15(11-33(20)24(34)16(17)12-39-26(29)36)22-21-14(13(2)18(30)10-19(21)31-23)5-6-27(22,3)32-25(35)28(37)7-8-28/h9-10,37-38H,4-8,11-12H2,1-3H3,(H,32,35)/t27?,29-/m0/s1. The lowest BCUT2D eigenvalue weighted by molar-refractivity contribution is -0.172. The number of hydrogen-bond acceptors (Lipinski definition) is 7. The molecule has 0 spiro atoms. The van der Waals surface area contributed by atoms with Crippen LogP contribution in [0.4, 0.5) is 4.39 Å². The van der Waals surface area contributed by atoms with E-state index in [1.165, 1.54) is 10.6 Å². The van der Waals surface area contributed by atoms with E-state index >= 15 is 4.39 Å². The van der Waals surface area contributed by atoms with Gasteiger partial charge in [-0.1, -0.05) is 6.92 Å². The zero-order valence-corrected chi connectivity index (χ0v) is 21.9. The van der Waals surface area contributed by atoms with Gasteiger partial charge in [0.1, 0.15) is 18.0 Å². The van der Waals surface area contributed by atoms with Crippen LogP contribution in [-0.2, 0) is 45.0 Å². The molecular weight excluding hydrogens is 505 g/mol. The lowest BCUT2D eigenvalue weighted by Gasteiger charge is -2.39. The number of nitrogens with one attached hydrogen (secondary N) is 1. The number of amides is 1. The van der Waals surface area contributed by atoms with Gasteiger partial charge in [-0.05, 0) is 68.7 Å². The number of hydrogen-bond donors (Lipinski definition) is 3. The highest BCUT2D eigenvalue weighted by Gasteiger charge is 2.51. The summed E-state index contributed by atoms with van der Waals surface area (Å²) in [6.45, 7) is 5.17. The third-order valence-corrected chi connectivity index (χ3v) is 9.27. The molecule has 7 rings (SSSR count). The Morgan fingerprint density at radius 2 is 1.92 bits per heavy atom. The van der Waals surface area contributed by atoms with Crippen molar-refractivity contribution in [2.24, 2.45) is 0 Å². The van der Waals surface area contributed by atoms with Gasteiger partial charge in [0.2, 0.25) is 0 Å². The SMILES string of the molecule is CC[C@@]1(O)C(=O)OCc2c1cc1n(c2=O)Cc2c-1nc1cc(F)c(C)c3c1c2C(C)(NC(=O)C1(O)CC1)CC3. The Hall–Kier alpha value is -3.63. The molecule has 1 aromatic carbocycles. The van der Waals surface area contributed by atoms with E-state index in [2.05, 4.69) is 5.32 Å². The molecule has 2 aliphatic carbocycles. The number of aromatic nitrogens is 2. The summed E-state index contributed by atoms with van der Waals surface area (Å²) in [5, 5.41) is 25.5. The zero-order valence-electron chi connectivity index (χ0n) is 21.9. The molecule has 1 fully saturated rings. The summed E-state index contributed by atoms with van der Waals surface area (Å²) in [6.07, 6.45) is 1.79. The van der Waals surface area contributed by atoms with Crippen LogP contribution in [0, 0.1) is 12.7 Å². The average molecular weight is 534 g/mol. The molecule has 0 radical (unpaired) electrons. The van der Waals surface area contributed by atoms with Crippen molar-refractivity contribution in [1.29, 1.82) is 0 Å². The lowest BCUT2D eigenvalue weighted by Crippen LogP contribution is -2.50. The van der Waals surface area contributed by atoms with Gasteiger partial charge in [-0.2, -0.15) is 0 Å². The Labute approximate surface area is 222 Å². The van der Waals surface area contributed by atoms with Gasteiger partial charge in [0.15, 0.2) is 5.60 Å². The molecule has 0 bridgehead atoms. The van der Waals surface area contributed by atoms with Crippen molar-refractivity contribution >= 4 is 22.8 Å². The first-order chi connectivity index (χ1) is 18.4. The van der Waals surface area contributed by atoms with E-state index in [1.54, 1.807) is 19.9 Å². The number of aliphatic hydroxyl groups is 2. The minimum absolute atomic E-state index is 0.0197. The first-order valence-electron chi connectivity index (χ1n) is 13.3. The van der Waals surface area contributed by atoms with E-state index in [0.717, 1.165) is 16.5 Å². The van der Waals surface area contributed by atoms with Crippen LogP contribution in [0.5, 0.6) is 0 Å². The molecule has 3 N–H and O–H groups in total. The van der Waals surface area contributed by atoms with Crippen LogP contribution in [0.25, 0.3) is 22.3 Å². The van der Waals surface area contributed by atoms with Crippen LogP contribution in [0.15, 0.2) is 16.9 Å². The van der Waals surface area contributed by atoms with Crippen LogP contribution >= 0.6 is 0 Å². The summed E-state index contributed by atoms with van der Waals surface area (Å²) >= 11 is 0. The number of aryl methyl sites for hydroxylation is 1. The number of esters is 1. The second-order valence-electron chi connectivity index (χ2n) is 11.6. The quantitative estimate of drug-likeness (QED) is 0.345. The number of pyridine rings is 2. The van der Waals surface area contributed by atoms with E-state index in [0.29, 0.717) is 53.7 Å². The van der Waals surface area contributed by atoms with Gasteiger partial charge >= 0.3 is 5.97 Å². The fourth-order valence-corrected chi connectivity index (χ4v) is 6.65. The van der Waals surface area contributed by atoms with E-state index in [1.807, 2.05) is 6.92 Å². The summed E-state index contributed by atoms with van der Waals surface area (Å²) in [5.41, 5.74) is -0.187. The second kappa shape index (κ2) is 7.51. The maximum Gasteiger partial charge on any atom is 0.343 e. The van der Waals surface area contributed by atoms with E-state index < -0.39 is 34.2 Å². The van der Waals surface area contributed by atoms with Crippen molar-refractivity contribution in [3.05, 3.63) is 61.7 Å². The number of ether oxygens (including phenoxy) is 1. The number of fused-ring (bicyclic) bond motifs is 5. The number of carbonyl (C=O) groups excluding carboxylic acids is 2. The third kappa shape index (κ3) is 3.07. The van der Waals surface area contributed by atoms with Gasteiger partial charge in [-0.25, -0.2) is 14.2 Å². The van der Waals surface area contributed by atoms with Gasteiger partial charge in [0.05, 0.1) is 34.6 Å². The number of halogens is 1. The van der Waals surface area contributed by atoms with Crippen LogP contribution < -0.4 is 10.9 Å². The molecule has 1 amide bonds. The van der Waals surface area contributed by atoms with Gasteiger partial charge in [-0.3, -0.25) is 9.59 Å².